The van der Waals surface area contributed by atoms with Gasteiger partial charge in [-0.1, -0.05) is 18.6 Å². The lowest BCUT2D eigenvalue weighted by molar-refractivity contribution is 0.222. The van der Waals surface area contributed by atoms with E-state index in [0.29, 0.717) is 6.04 Å². The van der Waals surface area contributed by atoms with Crippen molar-refractivity contribution in [2.75, 3.05) is 20.2 Å². The molecule has 1 aliphatic carbocycles. The fourth-order valence-corrected chi connectivity index (χ4v) is 2.67. The predicted octanol–water partition coefficient (Wildman–Crippen LogP) is 3.37. The second-order valence-electron chi connectivity index (χ2n) is 6.11. The smallest absolute Gasteiger partial charge is 0.138 e. The Morgan fingerprint density at radius 1 is 1.30 bits per heavy atom. The van der Waals surface area contributed by atoms with Crippen LogP contribution in [-0.4, -0.2) is 36.1 Å². The minimum Gasteiger partial charge on any atom is -0.492 e. The molecule has 3 heteroatoms. The summed E-state index contributed by atoms with van der Waals surface area (Å²) in [4.78, 5) is 6.71. The lowest BCUT2D eigenvalue weighted by Crippen LogP contribution is -2.34. The average Bonchev–Trinajstić information content (AvgIpc) is 3.29. The number of hydrogen-bond acceptors (Lipinski definition) is 3. The molecule has 3 nitrogen and oxygen atoms in total. The zero-order valence-corrected chi connectivity index (χ0v) is 12.3. The largest absolute Gasteiger partial charge is 0.492 e. The van der Waals surface area contributed by atoms with Crippen LogP contribution in [0.3, 0.4) is 0 Å². The second-order valence-corrected chi connectivity index (χ2v) is 6.11. The summed E-state index contributed by atoms with van der Waals surface area (Å²) in [7, 11) is 2.21. The number of aromatic nitrogens is 1. The summed E-state index contributed by atoms with van der Waals surface area (Å²) >= 11 is 0. The second kappa shape index (κ2) is 6.40. The normalized spacial score (nSPS) is 24.1. The molecule has 1 unspecified atom stereocenters. The minimum atomic E-state index is 0.569. The summed E-state index contributed by atoms with van der Waals surface area (Å²) < 4.78 is 5.78. The fourth-order valence-electron chi connectivity index (χ4n) is 2.67. The molecule has 0 radical (unpaired) electrons. The number of ether oxygens (including phenoxy) is 1. The zero-order valence-electron chi connectivity index (χ0n) is 12.3. The molecule has 1 saturated carbocycles. The predicted molar refractivity (Wildman–Crippen MR) is 81.8 cm³/mol. The number of rotatable bonds is 5. The molecular formula is C17H24N2O. The van der Waals surface area contributed by atoms with Crippen LogP contribution in [0.25, 0.3) is 6.08 Å². The molecule has 108 valence electrons. The van der Waals surface area contributed by atoms with Gasteiger partial charge in [-0.25, -0.2) is 0 Å². The molecule has 0 amide bonds. The standard InChI is InChI=1S/C17H24N2O/c1-19-9-3-2-4-16(19)8-7-15-10-17(12-18-11-15)20-13-14-5-6-14/h7-8,10-12,14,16H,2-6,9,13H2,1H3/b8-7+. The van der Waals surface area contributed by atoms with Gasteiger partial charge in [-0.05, 0) is 56.8 Å². The minimum absolute atomic E-state index is 0.569. The van der Waals surface area contributed by atoms with Gasteiger partial charge in [0.05, 0.1) is 12.8 Å². The third-order valence-electron chi connectivity index (χ3n) is 4.25. The number of hydrogen-bond donors (Lipinski definition) is 0. The van der Waals surface area contributed by atoms with Crippen LogP contribution < -0.4 is 4.74 Å². The molecule has 1 saturated heterocycles. The third-order valence-corrected chi connectivity index (χ3v) is 4.25. The lowest BCUT2D eigenvalue weighted by atomic mass is 10.0. The van der Waals surface area contributed by atoms with Crippen LogP contribution in [0.2, 0.25) is 0 Å². The Morgan fingerprint density at radius 2 is 2.20 bits per heavy atom. The molecule has 1 atom stereocenters. The van der Waals surface area contributed by atoms with Crippen LogP contribution in [0.15, 0.2) is 24.5 Å². The van der Waals surface area contributed by atoms with E-state index < -0.39 is 0 Å². The van der Waals surface area contributed by atoms with Crippen molar-refractivity contribution >= 4 is 6.08 Å². The van der Waals surface area contributed by atoms with Crippen molar-refractivity contribution in [3.8, 4) is 5.75 Å². The fraction of sp³-hybridized carbons (Fsp3) is 0.588. The van der Waals surface area contributed by atoms with E-state index in [1.54, 1.807) is 0 Å². The van der Waals surface area contributed by atoms with E-state index in [1.807, 2.05) is 12.4 Å². The molecular weight excluding hydrogens is 248 g/mol. The van der Waals surface area contributed by atoms with Crippen molar-refractivity contribution in [2.45, 2.75) is 38.1 Å². The van der Waals surface area contributed by atoms with Crippen LogP contribution in [0.1, 0.15) is 37.7 Å². The highest BCUT2D eigenvalue weighted by molar-refractivity contribution is 5.50. The van der Waals surface area contributed by atoms with Gasteiger partial charge in [-0.3, -0.25) is 9.88 Å². The summed E-state index contributed by atoms with van der Waals surface area (Å²) in [5.74, 6) is 1.68. The molecule has 0 spiro atoms. The van der Waals surface area contributed by atoms with Crippen molar-refractivity contribution in [3.63, 3.8) is 0 Å². The molecule has 0 bridgehead atoms. The number of pyridine rings is 1. The highest BCUT2D eigenvalue weighted by Crippen LogP contribution is 2.29. The monoisotopic (exact) mass is 272 g/mol. The lowest BCUT2D eigenvalue weighted by Gasteiger charge is -2.30. The number of nitrogens with zero attached hydrogens (tertiary/aromatic N) is 2. The Bertz CT molecular complexity index is 468. The topological polar surface area (TPSA) is 25.4 Å². The quantitative estimate of drug-likeness (QED) is 0.821. The summed E-state index contributed by atoms with van der Waals surface area (Å²) in [6.45, 7) is 2.05. The van der Waals surface area contributed by atoms with Crippen molar-refractivity contribution in [2.24, 2.45) is 5.92 Å². The van der Waals surface area contributed by atoms with Crippen LogP contribution >= 0.6 is 0 Å². The summed E-state index contributed by atoms with van der Waals surface area (Å²) in [5.41, 5.74) is 1.14. The maximum atomic E-state index is 5.78. The molecule has 20 heavy (non-hydrogen) atoms. The van der Waals surface area contributed by atoms with Gasteiger partial charge < -0.3 is 4.74 Å². The summed E-state index contributed by atoms with van der Waals surface area (Å²) in [5, 5.41) is 0. The maximum absolute atomic E-state index is 5.78. The Balaban J connectivity index is 1.59. The van der Waals surface area contributed by atoms with Crippen LogP contribution in [-0.2, 0) is 0 Å². The van der Waals surface area contributed by atoms with E-state index in [2.05, 4.69) is 35.1 Å². The molecule has 2 aliphatic rings. The van der Waals surface area contributed by atoms with Gasteiger partial charge >= 0.3 is 0 Å². The van der Waals surface area contributed by atoms with Crippen LogP contribution in [0.4, 0.5) is 0 Å². The molecule has 1 aromatic heterocycles. The average molecular weight is 272 g/mol. The van der Waals surface area contributed by atoms with Gasteiger partial charge in [-0.2, -0.15) is 0 Å². The van der Waals surface area contributed by atoms with Crippen molar-refractivity contribution in [1.82, 2.24) is 9.88 Å². The molecule has 1 aromatic rings. The zero-order chi connectivity index (χ0) is 13.8. The Labute approximate surface area is 121 Å². The van der Waals surface area contributed by atoms with Gasteiger partial charge in [0.25, 0.3) is 0 Å². The van der Waals surface area contributed by atoms with Crippen LogP contribution in [0, 0.1) is 5.92 Å². The maximum Gasteiger partial charge on any atom is 0.138 e. The van der Waals surface area contributed by atoms with Crippen molar-refractivity contribution in [3.05, 3.63) is 30.1 Å². The van der Waals surface area contributed by atoms with Gasteiger partial charge in [-0.15, -0.1) is 0 Å². The first kappa shape index (κ1) is 13.6. The Morgan fingerprint density at radius 3 is 3.00 bits per heavy atom. The van der Waals surface area contributed by atoms with Crippen LogP contribution in [0.5, 0.6) is 5.75 Å². The Kier molecular flexibility index (Phi) is 4.36. The summed E-state index contributed by atoms with van der Waals surface area (Å²) in [6.07, 6.45) is 14.8. The van der Waals surface area contributed by atoms with Crippen molar-refractivity contribution < 1.29 is 4.74 Å². The van der Waals surface area contributed by atoms with Gasteiger partial charge in [0.1, 0.15) is 5.75 Å². The summed E-state index contributed by atoms with van der Waals surface area (Å²) in [6, 6.07) is 2.66. The number of likely N-dealkylation sites (N-methyl/N-ethyl adjacent to an activating group) is 1. The Hall–Kier alpha value is -1.35. The first-order valence-electron chi connectivity index (χ1n) is 7.77. The SMILES string of the molecule is CN1CCCCC1/C=C/c1cncc(OCC2CC2)c1. The van der Waals surface area contributed by atoms with E-state index in [-0.39, 0.29) is 0 Å². The first-order chi connectivity index (χ1) is 9.81. The van der Waals surface area contributed by atoms with Gasteiger partial charge in [0, 0.05) is 12.2 Å². The molecule has 3 rings (SSSR count). The van der Waals surface area contributed by atoms with E-state index in [0.717, 1.165) is 23.8 Å². The van der Waals surface area contributed by atoms with Gasteiger partial charge in [0.15, 0.2) is 0 Å². The number of piperidine rings is 1. The molecule has 2 fully saturated rings. The molecule has 0 N–H and O–H groups in total. The van der Waals surface area contributed by atoms with Gasteiger partial charge in [0.2, 0.25) is 0 Å². The highest BCUT2D eigenvalue weighted by Gasteiger charge is 2.21. The molecule has 2 heterocycles. The van der Waals surface area contributed by atoms with E-state index >= 15 is 0 Å². The molecule has 0 aromatic carbocycles. The highest BCUT2D eigenvalue weighted by atomic mass is 16.5. The van der Waals surface area contributed by atoms with E-state index in [4.69, 9.17) is 4.74 Å². The number of likely N-dealkylation sites (tertiary alicyclic amines) is 1. The third kappa shape index (κ3) is 3.83. The molecule has 1 aliphatic heterocycles. The van der Waals surface area contributed by atoms with E-state index in [1.165, 1.54) is 38.6 Å². The van der Waals surface area contributed by atoms with E-state index in [9.17, 15) is 0 Å². The van der Waals surface area contributed by atoms with Crippen molar-refractivity contribution in [1.29, 1.82) is 0 Å². The first-order valence-corrected chi connectivity index (χ1v) is 7.77.